The average Bonchev–Trinajstić information content (AvgIpc) is 2.68. The maximum atomic E-state index is 12.4. The van der Waals surface area contributed by atoms with E-state index in [0.717, 1.165) is 5.56 Å². The first-order valence-corrected chi connectivity index (χ1v) is 10.0. The van der Waals surface area contributed by atoms with Gasteiger partial charge >= 0.3 is 5.97 Å². The van der Waals surface area contributed by atoms with Crippen molar-refractivity contribution < 1.29 is 14.3 Å². The number of esters is 1. The highest BCUT2D eigenvalue weighted by molar-refractivity contribution is 7.80. The van der Waals surface area contributed by atoms with Gasteiger partial charge in [-0.05, 0) is 29.7 Å². The second kappa shape index (κ2) is 10.4. The van der Waals surface area contributed by atoms with Crippen LogP contribution in [0.4, 0.5) is 5.69 Å². The summed E-state index contributed by atoms with van der Waals surface area (Å²) in [7, 11) is 1.31. The fourth-order valence-corrected chi connectivity index (χ4v) is 3.79. The fraction of sp³-hybridized carbons (Fsp3) is 0.318. The van der Waals surface area contributed by atoms with E-state index in [1.807, 2.05) is 44.2 Å². The minimum absolute atomic E-state index is 0.0659. The Morgan fingerprint density at radius 2 is 1.83 bits per heavy atom. The molecule has 0 bridgehead atoms. The molecule has 0 saturated carbocycles. The lowest BCUT2D eigenvalue weighted by atomic mass is 10.0. The highest BCUT2D eigenvalue weighted by Gasteiger charge is 2.28. The molecule has 1 atom stereocenters. The molecule has 2 rings (SSSR count). The molecule has 0 fully saturated rings. The van der Waals surface area contributed by atoms with Crippen molar-refractivity contribution in [3.8, 4) is 0 Å². The highest BCUT2D eigenvalue weighted by atomic mass is 35.5. The number of hydrogen-bond acceptors (Lipinski definition) is 4. The summed E-state index contributed by atoms with van der Waals surface area (Å²) in [6.45, 7) is 6.03. The van der Waals surface area contributed by atoms with E-state index in [4.69, 9.17) is 28.6 Å². The Kier molecular flexibility index (Phi) is 8.17. The van der Waals surface area contributed by atoms with E-state index in [-0.39, 0.29) is 17.9 Å². The van der Waals surface area contributed by atoms with E-state index in [1.165, 1.54) is 13.2 Å². The van der Waals surface area contributed by atoms with Crippen molar-refractivity contribution in [2.45, 2.75) is 33.4 Å². The minimum Gasteiger partial charge on any atom is -0.465 e. The Morgan fingerprint density at radius 1 is 1.17 bits per heavy atom. The SMILES string of the molecule is COC(=O)c1ccc(NC(=S)C(C(C)C)N(Cc2ccccc2)C(C)=O)c(Cl)c1. The van der Waals surface area contributed by atoms with E-state index in [0.29, 0.717) is 27.8 Å². The van der Waals surface area contributed by atoms with Crippen molar-refractivity contribution in [3.63, 3.8) is 0 Å². The molecule has 29 heavy (non-hydrogen) atoms. The molecule has 0 spiro atoms. The van der Waals surface area contributed by atoms with Gasteiger partial charge in [-0.3, -0.25) is 4.79 Å². The predicted molar refractivity (Wildman–Crippen MR) is 120 cm³/mol. The van der Waals surface area contributed by atoms with Gasteiger partial charge in [0.15, 0.2) is 0 Å². The van der Waals surface area contributed by atoms with E-state index in [2.05, 4.69) is 5.32 Å². The van der Waals surface area contributed by atoms with E-state index in [1.54, 1.807) is 24.0 Å². The summed E-state index contributed by atoms with van der Waals surface area (Å²) in [5.41, 5.74) is 1.94. The number of rotatable bonds is 7. The lowest BCUT2D eigenvalue weighted by molar-refractivity contribution is -0.131. The molecule has 154 valence electrons. The molecule has 0 aliphatic heterocycles. The molecule has 0 aliphatic carbocycles. The van der Waals surface area contributed by atoms with Crippen molar-refractivity contribution >= 4 is 46.4 Å². The zero-order valence-corrected chi connectivity index (χ0v) is 18.5. The van der Waals surface area contributed by atoms with Crippen molar-refractivity contribution in [1.82, 2.24) is 4.90 Å². The number of benzene rings is 2. The van der Waals surface area contributed by atoms with Crippen LogP contribution in [0, 0.1) is 5.92 Å². The van der Waals surface area contributed by atoms with Gasteiger partial charge in [0.1, 0.15) is 4.99 Å². The zero-order chi connectivity index (χ0) is 21.6. The van der Waals surface area contributed by atoms with Crippen molar-refractivity contribution in [2.75, 3.05) is 12.4 Å². The zero-order valence-electron chi connectivity index (χ0n) is 16.9. The Bertz CT molecular complexity index is 887. The number of ether oxygens (including phenoxy) is 1. The number of hydrogen-bond donors (Lipinski definition) is 1. The quantitative estimate of drug-likeness (QED) is 0.496. The fourth-order valence-electron chi connectivity index (χ4n) is 3.06. The molecular weight excluding hydrogens is 408 g/mol. The van der Waals surface area contributed by atoms with Crippen LogP contribution in [-0.4, -0.2) is 34.9 Å². The van der Waals surface area contributed by atoms with Crippen LogP contribution in [0.1, 0.15) is 36.7 Å². The summed E-state index contributed by atoms with van der Waals surface area (Å²) in [5, 5.41) is 3.49. The number of nitrogens with one attached hydrogen (secondary N) is 1. The molecule has 7 heteroatoms. The van der Waals surface area contributed by atoms with Gasteiger partial charge in [0.25, 0.3) is 0 Å². The molecule has 0 aliphatic rings. The van der Waals surface area contributed by atoms with Crippen LogP contribution in [0.2, 0.25) is 5.02 Å². The Morgan fingerprint density at radius 3 is 2.34 bits per heavy atom. The Balaban J connectivity index is 2.26. The molecular formula is C22H25ClN2O3S. The summed E-state index contributed by atoms with van der Waals surface area (Å²) in [5.74, 6) is -0.453. The molecule has 2 aromatic carbocycles. The standard InChI is InChI=1S/C22H25ClN2O3S/c1-14(2)20(25(15(3)26)13-16-8-6-5-7-9-16)21(29)24-19-11-10-17(12-18(19)23)22(27)28-4/h5-12,14,20H,13H2,1-4H3,(H,24,29). The molecule has 1 N–H and O–H groups in total. The van der Waals surface area contributed by atoms with Crippen molar-refractivity contribution in [1.29, 1.82) is 0 Å². The average molecular weight is 433 g/mol. The number of anilines is 1. The summed E-state index contributed by atoms with van der Waals surface area (Å²) < 4.78 is 4.71. The van der Waals surface area contributed by atoms with Gasteiger partial charge < -0.3 is 15.0 Å². The van der Waals surface area contributed by atoms with Crippen LogP contribution < -0.4 is 5.32 Å². The third kappa shape index (κ3) is 6.02. The van der Waals surface area contributed by atoms with Gasteiger partial charge in [-0.1, -0.05) is 68.0 Å². The van der Waals surface area contributed by atoms with Gasteiger partial charge in [-0.15, -0.1) is 0 Å². The van der Waals surface area contributed by atoms with Gasteiger partial charge in [0.2, 0.25) is 5.91 Å². The number of amides is 1. The lowest BCUT2D eigenvalue weighted by Gasteiger charge is -2.34. The van der Waals surface area contributed by atoms with Crippen molar-refractivity contribution in [2.24, 2.45) is 5.92 Å². The number of thiocarbonyl (C=S) groups is 1. The predicted octanol–water partition coefficient (Wildman–Crippen LogP) is 4.94. The van der Waals surface area contributed by atoms with Gasteiger partial charge in [-0.25, -0.2) is 4.79 Å². The van der Waals surface area contributed by atoms with Gasteiger partial charge in [-0.2, -0.15) is 0 Å². The summed E-state index contributed by atoms with van der Waals surface area (Å²) in [4.78, 5) is 26.3. The summed E-state index contributed by atoms with van der Waals surface area (Å²) in [6.07, 6.45) is 0. The van der Waals surface area contributed by atoms with Crippen LogP contribution in [0.5, 0.6) is 0 Å². The molecule has 1 unspecified atom stereocenters. The normalized spacial score (nSPS) is 11.7. The Hall–Kier alpha value is -2.44. The highest BCUT2D eigenvalue weighted by Crippen LogP contribution is 2.26. The van der Waals surface area contributed by atoms with Crippen LogP contribution in [0.15, 0.2) is 48.5 Å². The topological polar surface area (TPSA) is 58.6 Å². The smallest absolute Gasteiger partial charge is 0.337 e. The monoisotopic (exact) mass is 432 g/mol. The maximum Gasteiger partial charge on any atom is 0.337 e. The third-order valence-corrected chi connectivity index (χ3v) is 5.14. The van der Waals surface area contributed by atoms with Crippen LogP contribution >= 0.6 is 23.8 Å². The Labute approximate surface area is 182 Å². The number of carbonyl (C=O) groups excluding carboxylic acids is 2. The maximum absolute atomic E-state index is 12.4. The molecule has 0 saturated heterocycles. The molecule has 1 amide bonds. The first-order valence-electron chi connectivity index (χ1n) is 9.24. The van der Waals surface area contributed by atoms with Crippen LogP contribution in [-0.2, 0) is 16.1 Å². The second-order valence-corrected chi connectivity index (χ2v) is 7.84. The second-order valence-electron chi connectivity index (χ2n) is 7.00. The summed E-state index contributed by atoms with van der Waals surface area (Å²) in [6, 6.07) is 14.3. The third-order valence-electron chi connectivity index (χ3n) is 4.48. The van der Waals surface area contributed by atoms with E-state index < -0.39 is 5.97 Å². The van der Waals surface area contributed by atoms with Gasteiger partial charge in [0, 0.05) is 13.5 Å². The van der Waals surface area contributed by atoms with E-state index in [9.17, 15) is 9.59 Å². The van der Waals surface area contributed by atoms with Crippen LogP contribution in [0.3, 0.4) is 0 Å². The molecule has 5 nitrogen and oxygen atoms in total. The number of methoxy groups -OCH3 is 1. The first kappa shape index (κ1) is 22.8. The number of halogens is 1. The molecule has 0 radical (unpaired) electrons. The number of nitrogens with zero attached hydrogens (tertiary/aromatic N) is 1. The molecule has 2 aromatic rings. The van der Waals surface area contributed by atoms with Crippen molar-refractivity contribution in [3.05, 3.63) is 64.7 Å². The molecule has 0 aromatic heterocycles. The molecule has 0 heterocycles. The van der Waals surface area contributed by atoms with Gasteiger partial charge in [0.05, 0.1) is 29.4 Å². The lowest BCUT2D eigenvalue weighted by Crippen LogP contribution is -2.48. The largest absolute Gasteiger partial charge is 0.465 e. The minimum atomic E-state index is -0.466. The first-order chi connectivity index (χ1) is 13.7. The number of carbonyl (C=O) groups is 2. The summed E-state index contributed by atoms with van der Waals surface area (Å²) >= 11 is 12.0. The van der Waals surface area contributed by atoms with Crippen LogP contribution in [0.25, 0.3) is 0 Å². The van der Waals surface area contributed by atoms with E-state index >= 15 is 0 Å².